The van der Waals surface area contributed by atoms with E-state index in [-0.39, 0.29) is 5.82 Å². The number of thioether (sulfide) groups is 1. The van der Waals surface area contributed by atoms with Gasteiger partial charge in [-0.1, -0.05) is 6.07 Å². The molecule has 1 aromatic rings. The van der Waals surface area contributed by atoms with Crippen molar-refractivity contribution in [3.63, 3.8) is 0 Å². The van der Waals surface area contributed by atoms with Crippen molar-refractivity contribution in [1.29, 1.82) is 0 Å². The van der Waals surface area contributed by atoms with Crippen molar-refractivity contribution in [2.24, 2.45) is 0 Å². The summed E-state index contributed by atoms with van der Waals surface area (Å²) < 4.78 is 18.3. The first-order valence-corrected chi connectivity index (χ1v) is 6.56. The molecule has 2 nitrogen and oxygen atoms in total. The Bertz CT molecular complexity index is 333. The maximum absolute atomic E-state index is 13.4. The molecule has 0 unspecified atom stereocenters. The standard InChI is InChI=1S/C12H18FNOS/c1-14(6-7-16-3)9-10-4-5-12(15-2)11(13)8-10/h4-5,8H,6-7,9H2,1-3H3. The summed E-state index contributed by atoms with van der Waals surface area (Å²) >= 11 is 1.81. The summed E-state index contributed by atoms with van der Waals surface area (Å²) in [5.74, 6) is 1.10. The Kier molecular flexibility index (Phi) is 5.63. The highest BCUT2D eigenvalue weighted by atomic mass is 32.2. The van der Waals surface area contributed by atoms with E-state index in [1.807, 2.05) is 24.9 Å². The Balaban J connectivity index is 2.57. The predicted molar refractivity (Wildman–Crippen MR) is 67.7 cm³/mol. The molecule has 90 valence electrons. The Labute approximate surface area is 101 Å². The van der Waals surface area contributed by atoms with Crippen LogP contribution in [0, 0.1) is 5.82 Å². The monoisotopic (exact) mass is 243 g/mol. The lowest BCUT2D eigenvalue weighted by Gasteiger charge is -2.16. The topological polar surface area (TPSA) is 12.5 Å². The van der Waals surface area contributed by atoms with Crippen molar-refractivity contribution in [1.82, 2.24) is 4.90 Å². The van der Waals surface area contributed by atoms with Crippen molar-refractivity contribution in [3.8, 4) is 5.75 Å². The summed E-state index contributed by atoms with van der Waals surface area (Å²) in [5, 5.41) is 0. The Morgan fingerprint density at radius 1 is 1.44 bits per heavy atom. The second-order valence-electron chi connectivity index (χ2n) is 3.70. The number of hydrogen-bond acceptors (Lipinski definition) is 3. The summed E-state index contributed by atoms with van der Waals surface area (Å²) in [6.45, 7) is 1.77. The SMILES string of the molecule is COc1ccc(CN(C)CCSC)cc1F. The molecule has 0 atom stereocenters. The number of methoxy groups -OCH3 is 1. The van der Waals surface area contributed by atoms with Crippen LogP contribution in [-0.2, 0) is 6.54 Å². The highest BCUT2D eigenvalue weighted by Crippen LogP contribution is 2.18. The minimum atomic E-state index is -0.293. The number of halogens is 1. The van der Waals surface area contributed by atoms with E-state index in [9.17, 15) is 4.39 Å². The van der Waals surface area contributed by atoms with E-state index in [0.717, 1.165) is 24.4 Å². The fourth-order valence-electron chi connectivity index (χ4n) is 1.45. The van der Waals surface area contributed by atoms with Crippen LogP contribution in [0.2, 0.25) is 0 Å². The fourth-order valence-corrected chi connectivity index (χ4v) is 1.94. The molecular formula is C12H18FNOS. The Morgan fingerprint density at radius 2 is 2.19 bits per heavy atom. The average Bonchev–Trinajstić information content (AvgIpc) is 2.26. The van der Waals surface area contributed by atoms with Crippen LogP contribution in [0.15, 0.2) is 18.2 Å². The molecule has 0 aromatic heterocycles. The first-order chi connectivity index (χ1) is 7.67. The van der Waals surface area contributed by atoms with Crippen LogP contribution in [0.3, 0.4) is 0 Å². The molecule has 0 aliphatic heterocycles. The van der Waals surface area contributed by atoms with Crippen molar-refractivity contribution in [2.75, 3.05) is 32.7 Å². The summed E-state index contributed by atoms with van der Waals surface area (Å²) in [6, 6.07) is 5.11. The van der Waals surface area contributed by atoms with Crippen LogP contribution in [0.1, 0.15) is 5.56 Å². The number of hydrogen-bond donors (Lipinski definition) is 0. The largest absolute Gasteiger partial charge is 0.494 e. The van der Waals surface area contributed by atoms with Crippen LogP contribution in [0.5, 0.6) is 5.75 Å². The van der Waals surface area contributed by atoms with E-state index >= 15 is 0 Å². The molecule has 1 rings (SSSR count). The van der Waals surface area contributed by atoms with Gasteiger partial charge in [-0.3, -0.25) is 0 Å². The number of ether oxygens (including phenoxy) is 1. The summed E-state index contributed by atoms with van der Waals surface area (Å²) in [6.07, 6.45) is 2.08. The molecule has 0 saturated heterocycles. The van der Waals surface area contributed by atoms with Crippen molar-refractivity contribution in [2.45, 2.75) is 6.54 Å². The summed E-state index contributed by atoms with van der Waals surface area (Å²) in [7, 11) is 3.51. The third-order valence-corrected chi connectivity index (χ3v) is 2.94. The average molecular weight is 243 g/mol. The molecule has 0 N–H and O–H groups in total. The van der Waals surface area contributed by atoms with Crippen molar-refractivity contribution < 1.29 is 9.13 Å². The van der Waals surface area contributed by atoms with Gasteiger partial charge in [-0.15, -0.1) is 0 Å². The van der Waals surface area contributed by atoms with E-state index in [1.54, 1.807) is 6.07 Å². The predicted octanol–water partition coefficient (Wildman–Crippen LogP) is 2.63. The quantitative estimate of drug-likeness (QED) is 0.762. The van der Waals surface area contributed by atoms with Crippen LogP contribution in [0.25, 0.3) is 0 Å². The van der Waals surface area contributed by atoms with Gasteiger partial charge in [-0.05, 0) is 31.0 Å². The minimum absolute atomic E-state index is 0.293. The van der Waals surface area contributed by atoms with E-state index in [0.29, 0.717) is 5.75 Å². The van der Waals surface area contributed by atoms with Gasteiger partial charge in [0.25, 0.3) is 0 Å². The molecule has 0 saturated carbocycles. The molecule has 16 heavy (non-hydrogen) atoms. The second kappa shape index (κ2) is 6.76. The van der Waals surface area contributed by atoms with E-state index in [4.69, 9.17) is 4.74 Å². The van der Waals surface area contributed by atoms with E-state index in [1.165, 1.54) is 13.2 Å². The third-order valence-electron chi connectivity index (χ3n) is 2.35. The molecule has 0 heterocycles. The molecule has 0 aliphatic rings. The van der Waals surface area contributed by atoms with Gasteiger partial charge in [0, 0.05) is 18.8 Å². The lowest BCUT2D eigenvalue weighted by molar-refractivity contribution is 0.346. The van der Waals surface area contributed by atoms with E-state index in [2.05, 4.69) is 11.2 Å². The summed E-state index contributed by atoms with van der Waals surface area (Å²) in [5.41, 5.74) is 0.974. The first kappa shape index (κ1) is 13.3. The number of rotatable bonds is 6. The maximum Gasteiger partial charge on any atom is 0.165 e. The second-order valence-corrected chi connectivity index (χ2v) is 4.69. The van der Waals surface area contributed by atoms with Gasteiger partial charge >= 0.3 is 0 Å². The van der Waals surface area contributed by atoms with Gasteiger partial charge in [0.1, 0.15) is 0 Å². The molecule has 4 heteroatoms. The van der Waals surface area contributed by atoms with Gasteiger partial charge in [0.2, 0.25) is 0 Å². The van der Waals surface area contributed by atoms with Gasteiger partial charge in [0.05, 0.1) is 7.11 Å². The molecular weight excluding hydrogens is 225 g/mol. The van der Waals surface area contributed by atoms with Crippen LogP contribution in [0.4, 0.5) is 4.39 Å². The van der Waals surface area contributed by atoms with Crippen molar-refractivity contribution in [3.05, 3.63) is 29.6 Å². The van der Waals surface area contributed by atoms with Gasteiger partial charge in [-0.25, -0.2) is 4.39 Å². The minimum Gasteiger partial charge on any atom is -0.494 e. The fraction of sp³-hybridized carbons (Fsp3) is 0.500. The highest BCUT2D eigenvalue weighted by molar-refractivity contribution is 7.98. The van der Waals surface area contributed by atoms with Crippen molar-refractivity contribution >= 4 is 11.8 Å². The maximum atomic E-state index is 13.4. The molecule has 0 fully saturated rings. The zero-order chi connectivity index (χ0) is 12.0. The third kappa shape index (κ3) is 4.02. The zero-order valence-corrected chi connectivity index (χ0v) is 10.8. The molecule has 0 bridgehead atoms. The van der Waals surface area contributed by atoms with E-state index < -0.39 is 0 Å². The molecule has 1 aromatic carbocycles. The molecule has 0 aliphatic carbocycles. The van der Waals surface area contributed by atoms with Crippen LogP contribution in [-0.4, -0.2) is 37.6 Å². The van der Waals surface area contributed by atoms with Gasteiger partial charge in [-0.2, -0.15) is 11.8 Å². The highest BCUT2D eigenvalue weighted by Gasteiger charge is 2.05. The number of nitrogens with zero attached hydrogens (tertiary/aromatic N) is 1. The molecule has 0 spiro atoms. The van der Waals surface area contributed by atoms with Gasteiger partial charge < -0.3 is 9.64 Å². The molecule has 0 radical (unpaired) electrons. The Hall–Kier alpha value is -0.740. The Morgan fingerprint density at radius 3 is 2.75 bits per heavy atom. The zero-order valence-electron chi connectivity index (χ0n) is 10.00. The van der Waals surface area contributed by atoms with Gasteiger partial charge in [0.15, 0.2) is 11.6 Å². The smallest absolute Gasteiger partial charge is 0.165 e. The normalized spacial score (nSPS) is 10.8. The summed E-state index contributed by atoms with van der Waals surface area (Å²) in [4.78, 5) is 2.18. The molecule has 0 amide bonds. The number of benzene rings is 1. The van der Waals surface area contributed by atoms with Crippen LogP contribution >= 0.6 is 11.8 Å². The lowest BCUT2D eigenvalue weighted by Crippen LogP contribution is -2.20. The first-order valence-electron chi connectivity index (χ1n) is 5.17. The van der Waals surface area contributed by atoms with Crippen LogP contribution < -0.4 is 4.74 Å². The lowest BCUT2D eigenvalue weighted by atomic mass is 10.2.